The van der Waals surface area contributed by atoms with Crippen LogP contribution in [-0.4, -0.2) is 52.4 Å². The fraction of sp³-hybridized carbons (Fsp3) is 0.312. The van der Waals surface area contributed by atoms with Crippen molar-refractivity contribution in [3.8, 4) is 5.75 Å². The van der Waals surface area contributed by atoms with Gasteiger partial charge in [0.1, 0.15) is 5.75 Å². The first-order valence-electron chi connectivity index (χ1n) is 8.06. The van der Waals surface area contributed by atoms with Gasteiger partial charge < -0.3 is 10.1 Å². The van der Waals surface area contributed by atoms with Crippen LogP contribution in [0.5, 0.6) is 5.75 Å². The Morgan fingerprint density at radius 3 is 2.68 bits per heavy atom. The van der Waals surface area contributed by atoms with Gasteiger partial charge in [0, 0.05) is 18.1 Å². The monoisotopic (exact) mass is 417 g/mol. The highest BCUT2D eigenvalue weighted by Gasteiger charge is 2.41. The number of alkyl halides is 3. The number of hydrogen-bond donors (Lipinski definition) is 2. The van der Waals surface area contributed by atoms with Gasteiger partial charge in [0.15, 0.2) is 5.69 Å². The number of ether oxygens (including phenoxy) is 1. The van der Waals surface area contributed by atoms with Gasteiger partial charge in [-0.15, -0.1) is 0 Å². The summed E-state index contributed by atoms with van der Waals surface area (Å²) < 4.78 is 44.2. The number of nitrogens with one attached hydrogen (secondary N) is 2. The lowest BCUT2D eigenvalue weighted by atomic mass is 10.2. The largest absolute Gasteiger partial charge is 0.495 e. The van der Waals surface area contributed by atoms with E-state index in [0.717, 1.165) is 16.2 Å². The van der Waals surface area contributed by atoms with Crippen LogP contribution in [0.1, 0.15) is 22.5 Å². The van der Waals surface area contributed by atoms with E-state index in [2.05, 4.69) is 10.4 Å². The normalized spacial score (nSPS) is 14.3. The first-order chi connectivity index (χ1) is 13.2. The number of carbonyl (C=O) groups is 2. The number of amides is 3. The highest BCUT2D eigenvalue weighted by molar-refractivity contribution is 6.31. The second kappa shape index (κ2) is 7.58. The van der Waals surface area contributed by atoms with Crippen LogP contribution in [0.4, 0.5) is 23.7 Å². The molecule has 0 saturated carbocycles. The molecule has 1 aliphatic heterocycles. The van der Waals surface area contributed by atoms with E-state index in [1.165, 1.54) is 13.2 Å². The molecule has 0 aliphatic carbocycles. The number of benzene rings is 1. The molecule has 1 aromatic heterocycles. The zero-order valence-corrected chi connectivity index (χ0v) is 15.3. The molecule has 3 amide bonds. The molecule has 2 N–H and O–H groups in total. The number of carbonyl (C=O) groups excluding carboxylic acids is 2. The smallest absolute Gasteiger partial charge is 0.433 e. The van der Waals surface area contributed by atoms with Gasteiger partial charge in [0.05, 0.1) is 24.6 Å². The van der Waals surface area contributed by atoms with Crippen molar-refractivity contribution >= 4 is 29.2 Å². The van der Waals surface area contributed by atoms with Crippen molar-refractivity contribution in [3.63, 3.8) is 0 Å². The maximum absolute atomic E-state index is 13.0. The molecule has 3 rings (SSSR count). The van der Waals surface area contributed by atoms with Crippen molar-refractivity contribution in [1.29, 1.82) is 0 Å². The van der Waals surface area contributed by atoms with Gasteiger partial charge >= 0.3 is 12.2 Å². The number of hydrogen-bond acceptors (Lipinski definition) is 4. The number of rotatable bonds is 3. The summed E-state index contributed by atoms with van der Waals surface area (Å²) in [5.74, 6) is -0.643. The third kappa shape index (κ3) is 3.84. The van der Waals surface area contributed by atoms with Crippen molar-refractivity contribution in [2.75, 3.05) is 25.5 Å². The van der Waals surface area contributed by atoms with Crippen molar-refractivity contribution in [1.82, 2.24) is 20.2 Å². The maximum Gasteiger partial charge on any atom is 0.433 e. The molecular weight excluding hydrogens is 403 g/mol. The lowest BCUT2D eigenvalue weighted by molar-refractivity contribution is -0.141. The fourth-order valence-electron chi connectivity index (χ4n) is 2.80. The third-order valence-corrected chi connectivity index (χ3v) is 4.29. The average Bonchev–Trinajstić information content (AvgIpc) is 3.30. The van der Waals surface area contributed by atoms with Gasteiger partial charge in [-0.1, -0.05) is 11.6 Å². The molecule has 0 bridgehead atoms. The van der Waals surface area contributed by atoms with E-state index in [1.807, 2.05) is 0 Å². The predicted octanol–water partition coefficient (Wildman–Crippen LogP) is 3.39. The van der Waals surface area contributed by atoms with E-state index in [9.17, 15) is 22.8 Å². The number of H-pyrrole nitrogens is 1. The fourth-order valence-corrected chi connectivity index (χ4v) is 2.97. The third-order valence-electron chi connectivity index (χ3n) is 4.06. The summed E-state index contributed by atoms with van der Waals surface area (Å²) in [5, 5.41) is 9.98. The second-order valence-electron chi connectivity index (χ2n) is 5.84. The predicted molar refractivity (Wildman–Crippen MR) is 93.0 cm³/mol. The Hall–Kier alpha value is -2.95. The number of urea groups is 1. The zero-order valence-electron chi connectivity index (χ0n) is 14.5. The Morgan fingerprint density at radius 2 is 2.00 bits per heavy atom. The minimum atomic E-state index is -4.78. The number of aromatic nitrogens is 2. The van der Waals surface area contributed by atoms with Crippen molar-refractivity contribution in [2.45, 2.75) is 12.6 Å². The standard InChI is InChI=1S/C16H15ClF3N5O3/c1-28-12-4-3-9(17)7-11(12)22-15(27)25-6-2-5-24(25)14(26)10-8-21-23-13(10)16(18,19)20/h3-4,7-8H,2,5-6H2,1H3,(H,21,23)(H,22,27). The summed E-state index contributed by atoms with van der Waals surface area (Å²) in [7, 11) is 1.40. The van der Waals surface area contributed by atoms with Gasteiger partial charge in [0.2, 0.25) is 0 Å². The van der Waals surface area contributed by atoms with E-state index < -0.39 is 29.4 Å². The highest BCUT2D eigenvalue weighted by atomic mass is 35.5. The van der Waals surface area contributed by atoms with Gasteiger partial charge in [-0.2, -0.15) is 18.3 Å². The zero-order chi connectivity index (χ0) is 20.5. The number of methoxy groups -OCH3 is 1. The molecule has 8 nitrogen and oxygen atoms in total. The molecule has 12 heteroatoms. The van der Waals surface area contributed by atoms with Crippen LogP contribution in [-0.2, 0) is 6.18 Å². The quantitative estimate of drug-likeness (QED) is 0.801. The highest BCUT2D eigenvalue weighted by Crippen LogP contribution is 2.32. The summed E-state index contributed by atoms with van der Waals surface area (Å²) in [6.07, 6.45) is -3.58. The Kier molecular flexibility index (Phi) is 5.36. The lowest BCUT2D eigenvalue weighted by Gasteiger charge is -2.28. The van der Waals surface area contributed by atoms with Gasteiger partial charge in [-0.25, -0.2) is 14.8 Å². The molecule has 1 aliphatic rings. The molecule has 28 heavy (non-hydrogen) atoms. The summed E-state index contributed by atoms with van der Waals surface area (Å²) in [5.41, 5.74) is -1.66. The minimum absolute atomic E-state index is 0.0847. The molecule has 150 valence electrons. The van der Waals surface area contributed by atoms with E-state index in [-0.39, 0.29) is 18.8 Å². The molecular formula is C16H15ClF3N5O3. The summed E-state index contributed by atoms with van der Waals surface area (Å²) in [6, 6.07) is 3.87. The second-order valence-corrected chi connectivity index (χ2v) is 6.27. The van der Waals surface area contributed by atoms with E-state index in [1.54, 1.807) is 17.2 Å². The molecule has 0 spiro atoms. The van der Waals surface area contributed by atoms with Crippen LogP contribution in [0, 0.1) is 0 Å². The summed E-state index contributed by atoms with van der Waals surface area (Å²) >= 11 is 5.92. The number of halogens is 4. The van der Waals surface area contributed by atoms with Crippen LogP contribution >= 0.6 is 11.6 Å². The molecule has 0 atom stereocenters. The average molecular weight is 418 g/mol. The maximum atomic E-state index is 13.0. The van der Waals surface area contributed by atoms with Crippen molar-refractivity contribution in [3.05, 3.63) is 40.7 Å². The van der Waals surface area contributed by atoms with Gasteiger partial charge in [-0.3, -0.25) is 9.89 Å². The Morgan fingerprint density at radius 1 is 1.29 bits per heavy atom. The van der Waals surface area contributed by atoms with Crippen LogP contribution < -0.4 is 10.1 Å². The topological polar surface area (TPSA) is 90.6 Å². The molecule has 1 aromatic carbocycles. The Balaban J connectivity index is 1.82. The Bertz CT molecular complexity index is 902. The van der Waals surface area contributed by atoms with Crippen LogP contribution in [0.3, 0.4) is 0 Å². The number of nitrogens with zero attached hydrogens (tertiary/aromatic N) is 3. The summed E-state index contributed by atoms with van der Waals surface area (Å²) in [4.78, 5) is 25.3. The molecule has 2 heterocycles. The summed E-state index contributed by atoms with van der Waals surface area (Å²) in [6.45, 7) is 0.237. The van der Waals surface area contributed by atoms with Gasteiger partial charge in [-0.05, 0) is 24.6 Å². The van der Waals surface area contributed by atoms with Gasteiger partial charge in [0.25, 0.3) is 5.91 Å². The van der Waals surface area contributed by atoms with Crippen LogP contribution in [0.15, 0.2) is 24.4 Å². The van der Waals surface area contributed by atoms with Crippen molar-refractivity contribution in [2.24, 2.45) is 0 Å². The number of anilines is 1. The Labute approximate surface area is 162 Å². The van der Waals surface area contributed by atoms with Crippen LogP contribution in [0.2, 0.25) is 5.02 Å². The SMILES string of the molecule is COc1ccc(Cl)cc1NC(=O)N1CCCN1C(=O)c1cn[nH]c1C(F)(F)F. The van der Waals surface area contributed by atoms with E-state index in [4.69, 9.17) is 16.3 Å². The minimum Gasteiger partial charge on any atom is -0.495 e. The number of hydrazine groups is 1. The van der Waals surface area contributed by atoms with Crippen LogP contribution in [0.25, 0.3) is 0 Å². The lowest BCUT2D eigenvalue weighted by Crippen LogP contribution is -2.47. The molecule has 2 aromatic rings. The number of aromatic amines is 1. The first kappa shape index (κ1) is 19.8. The van der Waals surface area contributed by atoms with E-state index >= 15 is 0 Å². The first-order valence-corrected chi connectivity index (χ1v) is 8.44. The molecule has 0 unspecified atom stereocenters. The molecule has 1 saturated heterocycles. The van der Waals surface area contributed by atoms with E-state index in [0.29, 0.717) is 17.2 Å². The van der Waals surface area contributed by atoms with Crippen molar-refractivity contribution < 1.29 is 27.5 Å². The molecule has 0 radical (unpaired) electrons. The molecule has 1 fully saturated rings.